The molecule has 0 saturated carbocycles. The zero-order valence-corrected chi connectivity index (χ0v) is 17.3. The van der Waals surface area contributed by atoms with Crippen LogP contribution >= 0.6 is 35.3 Å². The smallest absolute Gasteiger partial charge is 0.194 e. The lowest BCUT2D eigenvalue weighted by Crippen LogP contribution is -2.38. The van der Waals surface area contributed by atoms with Crippen molar-refractivity contribution in [3.8, 4) is 0 Å². The highest BCUT2D eigenvalue weighted by Crippen LogP contribution is 2.12. The molecule has 0 aliphatic heterocycles. The highest BCUT2D eigenvalue weighted by atomic mass is 127. The number of halogens is 1. The van der Waals surface area contributed by atoms with Crippen LogP contribution in [0.3, 0.4) is 0 Å². The Balaban J connectivity index is 0.00000264. The van der Waals surface area contributed by atoms with Gasteiger partial charge in [0.25, 0.3) is 0 Å². The SMILES string of the molecule is CCNC(=NCc1ncc(C)s1)N(C)Cc1ccc(C)cc1.I. The highest BCUT2D eigenvalue weighted by molar-refractivity contribution is 14.0. The third-order valence-electron chi connectivity index (χ3n) is 3.27. The number of benzene rings is 1. The molecule has 1 aromatic carbocycles. The van der Waals surface area contributed by atoms with E-state index in [4.69, 9.17) is 4.99 Å². The van der Waals surface area contributed by atoms with Gasteiger partial charge in [-0.1, -0.05) is 29.8 Å². The zero-order valence-electron chi connectivity index (χ0n) is 14.2. The first-order valence-corrected chi connectivity index (χ1v) is 8.36. The first-order chi connectivity index (χ1) is 10.6. The number of hydrogen-bond donors (Lipinski definition) is 1. The molecule has 6 heteroatoms. The molecule has 0 aliphatic carbocycles. The summed E-state index contributed by atoms with van der Waals surface area (Å²) in [5, 5.41) is 4.40. The van der Waals surface area contributed by atoms with Crippen LogP contribution in [0.4, 0.5) is 0 Å². The van der Waals surface area contributed by atoms with Crippen molar-refractivity contribution < 1.29 is 0 Å². The summed E-state index contributed by atoms with van der Waals surface area (Å²) in [4.78, 5) is 12.4. The summed E-state index contributed by atoms with van der Waals surface area (Å²) in [5.41, 5.74) is 2.56. The van der Waals surface area contributed by atoms with Crippen LogP contribution < -0.4 is 5.32 Å². The molecule has 0 unspecified atom stereocenters. The van der Waals surface area contributed by atoms with Gasteiger partial charge in [-0.3, -0.25) is 0 Å². The van der Waals surface area contributed by atoms with Gasteiger partial charge < -0.3 is 10.2 Å². The lowest BCUT2D eigenvalue weighted by atomic mass is 10.1. The van der Waals surface area contributed by atoms with Crippen LogP contribution in [0.5, 0.6) is 0 Å². The largest absolute Gasteiger partial charge is 0.357 e. The molecule has 1 heterocycles. The Bertz CT molecular complexity index is 622. The fourth-order valence-electron chi connectivity index (χ4n) is 2.13. The van der Waals surface area contributed by atoms with Gasteiger partial charge in [-0.25, -0.2) is 9.98 Å². The zero-order chi connectivity index (χ0) is 15.9. The van der Waals surface area contributed by atoms with E-state index in [1.165, 1.54) is 16.0 Å². The first-order valence-electron chi connectivity index (χ1n) is 7.54. The van der Waals surface area contributed by atoms with Gasteiger partial charge in [0, 0.05) is 31.2 Å². The van der Waals surface area contributed by atoms with Crippen LogP contribution in [0.25, 0.3) is 0 Å². The fraction of sp³-hybridized carbons (Fsp3) is 0.412. The molecule has 4 nitrogen and oxygen atoms in total. The Morgan fingerprint density at radius 3 is 2.52 bits per heavy atom. The second kappa shape index (κ2) is 9.87. The topological polar surface area (TPSA) is 40.5 Å². The molecular weight excluding hydrogens is 419 g/mol. The van der Waals surface area contributed by atoms with E-state index in [0.29, 0.717) is 6.54 Å². The van der Waals surface area contributed by atoms with Crippen molar-refractivity contribution in [3.63, 3.8) is 0 Å². The molecule has 2 rings (SSSR count). The average molecular weight is 444 g/mol. The number of nitrogens with one attached hydrogen (secondary N) is 1. The molecular formula is C17H25IN4S. The molecule has 23 heavy (non-hydrogen) atoms. The van der Waals surface area contributed by atoms with Gasteiger partial charge >= 0.3 is 0 Å². The predicted octanol–water partition coefficient (Wildman–Crippen LogP) is 3.98. The van der Waals surface area contributed by atoms with E-state index >= 15 is 0 Å². The summed E-state index contributed by atoms with van der Waals surface area (Å²) in [6.07, 6.45) is 1.90. The van der Waals surface area contributed by atoms with E-state index in [2.05, 4.69) is 67.3 Å². The maximum atomic E-state index is 4.69. The van der Waals surface area contributed by atoms with E-state index in [9.17, 15) is 0 Å². The molecule has 0 amide bonds. The van der Waals surface area contributed by atoms with Crippen molar-refractivity contribution in [2.24, 2.45) is 4.99 Å². The minimum absolute atomic E-state index is 0. The maximum absolute atomic E-state index is 4.69. The minimum atomic E-state index is 0. The van der Waals surface area contributed by atoms with Crippen LogP contribution in [0.15, 0.2) is 35.5 Å². The van der Waals surface area contributed by atoms with Gasteiger partial charge in [-0.05, 0) is 26.3 Å². The highest BCUT2D eigenvalue weighted by Gasteiger charge is 2.07. The molecule has 0 saturated heterocycles. The van der Waals surface area contributed by atoms with E-state index in [1.807, 2.05) is 6.20 Å². The standard InChI is InChI=1S/C17H24N4S.HI/c1-5-18-17(20-11-16-19-10-14(3)22-16)21(4)12-15-8-6-13(2)7-9-15;/h6-10H,5,11-12H2,1-4H3,(H,18,20);1H. The van der Waals surface area contributed by atoms with Gasteiger partial charge in [0.1, 0.15) is 5.01 Å². The normalized spacial score (nSPS) is 11.0. The molecule has 0 atom stereocenters. The van der Waals surface area contributed by atoms with Crippen LogP contribution in [-0.4, -0.2) is 29.4 Å². The molecule has 1 aromatic heterocycles. The average Bonchev–Trinajstić information content (AvgIpc) is 2.91. The summed E-state index contributed by atoms with van der Waals surface area (Å²) < 4.78 is 0. The van der Waals surface area contributed by atoms with Gasteiger partial charge in [-0.2, -0.15) is 0 Å². The van der Waals surface area contributed by atoms with E-state index < -0.39 is 0 Å². The van der Waals surface area contributed by atoms with Crippen molar-refractivity contribution in [2.75, 3.05) is 13.6 Å². The van der Waals surface area contributed by atoms with Gasteiger partial charge in [0.2, 0.25) is 0 Å². The van der Waals surface area contributed by atoms with Crippen molar-refractivity contribution in [2.45, 2.75) is 33.9 Å². The van der Waals surface area contributed by atoms with Crippen LogP contribution in [0, 0.1) is 13.8 Å². The summed E-state index contributed by atoms with van der Waals surface area (Å²) in [6, 6.07) is 8.62. The summed E-state index contributed by atoms with van der Waals surface area (Å²) in [5.74, 6) is 0.913. The van der Waals surface area contributed by atoms with E-state index in [1.54, 1.807) is 11.3 Å². The van der Waals surface area contributed by atoms with Crippen molar-refractivity contribution >= 4 is 41.3 Å². The van der Waals surface area contributed by atoms with E-state index in [-0.39, 0.29) is 24.0 Å². The number of rotatable bonds is 5. The minimum Gasteiger partial charge on any atom is -0.357 e. The Morgan fingerprint density at radius 1 is 1.26 bits per heavy atom. The Kier molecular flexibility index (Phi) is 8.54. The molecule has 0 bridgehead atoms. The van der Waals surface area contributed by atoms with Gasteiger partial charge in [0.05, 0.1) is 6.54 Å². The molecule has 0 spiro atoms. The molecule has 2 aromatic rings. The predicted molar refractivity (Wildman–Crippen MR) is 110 cm³/mol. The fourth-order valence-corrected chi connectivity index (χ4v) is 2.84. The quantitative estimate of drug-likeness (QED) is 0.431. The summed E-state index contributed by atoms with van der Waals surface area (Å²) in [7, 11) is 2.06. The van der Waals surface area contributed by atoms with E-state index in [0.717, 1.165) is 24.1 Å². The Labute approximate surface area is 160 Å². The second-order valence-electron chi connectivity index (χ2n) is 5.38. The van der Waals surface area contributed by atoms with Crippen LogP contribution in [-0.2, 0) is 13.1 Å². The molecule has 126 valence electrons. The first kappa shape index (κ1) is 19.9. The Morgan fingerprint density at radius 2 is 1.96 bits per heavy atom. The molecule has 0 radical (unpaired) electrons. The third-order valence-corrected chi connectivity index (χ3v) is 4.17. The van der Waals surface area contributed by atoms with Crippen LogP contribution in [0.1, 0.15) is 27.9 Å². The number of hydrogen-bond acceptors (Lipinski definition) is 3. The van der Waals surface area contributed by atoms with Gasteiger partial charge in [0.15, 0.2) is 5.96 Å². The number of nitrogens with zero attached hydrogens (tertiary/aromatic N) is 3. The molecule has 0 aliphatic rings. The van der Waals surface area contributed by atoms with Crippen molar-refractivity contribution in [3.05, 3.63) is 51.5 Å². The third kappa shape index (κ3) is 6.47. The van der Waals surface area contributed by atoms with Gasteiger partial charge in [-0.15, -0.1) is 35.3 Å². The lowest BCUT2D eigenvalue weighted by Gasteiger charge is -2.22. The van der Waals surface area contributed by atoms with Crippen molar-refractivity contribution in [1.29, 1.82) is 0 Å². The lowest BCUT2D eigenvalue weighted by molar-refractivity contribution is 0.476. The second-order valence-corrected chi connectivity index (χ2v) is 6.70. The Hall–Kier alpha value is -1.15. The number of aliphatic imine (C=N–C) groups is 1. The monoisotopic (exact) mass is 444 g/mol. The number of guanidine groups is 1. The maximum Gasteiger partial charge on any atom is 0.194 e. The number of aryl methyl sites for hydroxylation is 2. The van der Waals surface area contributed by atoms with Crippen molar-refractivity contribution in [1.82, 2.24) is 15.2 Å². The summed E-state index contributed by atoms with van der Waals surface area (Å²) in [6.45, 7) is 8.58. The number of aromatic nitrogens is 1. The number of thiazole rings is 1. The summed E-state index contributed by atoms with van der Waals surface area (Å²) >= 11 is 1.70. The molecule has 0 fully saturated rings. The molecule has 1 N–H and O–H groups in total. The van der Waals surface area contributed by atoms with Crippen LogP contribution in [0.2, 0.25) is 0 Å².